The molecule has 1 aromatic rings. The predicted molar refractivity (Wildman–Crippen MR) is 64.5 cm³/mol. The highest BCUT2D eigenvalue weighted by molar-refractivity contribution is 5.67. The first kappa shape index (κ1) is 17.2. The molecule has 1 amide bonds. The monoisotopic (exact) mass is 367 g/mol. The average Bonchev–Trinajstić information content (AvgIpc) is 2.56. The zero-order valence-corrected chi connectivity index (χ0v) is 13.6. The highest BCUT2D eigenvalue weighted by atomic mass is 127. The van der Waals surface area contributed by atoms with E-state index in [0.29, 0.717) is 6.54 Å². The standard InChI is InChI=1S/C12H21N3O2.HI/c1-12(2,3)17-11(16)13-6-5-7-15-9-8-14(4)10-15;/h8-10H,5-7H2,1-4H3;1H. The molecule has 104 valence electrons. The average molecular weight is 367 g/mol. The van der Waals surface area contributed by atoms with E-state index in [1.54, 1.807) is 0 Å². The first-order valence-corrected chi connectivity index (χ1v) is 5.85. The molecule has 0 saturated carbocycles. The summed E-state index contributed by atoms with van der Waals surface area (Å²) in [5.74, 6) is 0. The number of halogens is 1. The molecule has 0 unspecified atom stereocenters. The zero-order valence-electron chi connectivity index (χ0n) is 11.4. The summed E-state index contributed by atoms with van der Waals surface area (Å²) in [6.45, 7) is 7.07. The fourth-order valence-corrected chi connectivity index (χ4v) is 1.40. The molecule has 1 heterocycles. The Balaban J connectivity index is 0.00000289. The molecule has 6 heteroatoms. The number of amides is 1. The van der Waals surface area contributed by atoms with E-state index in [9.17, 15) is 4.79 Å². The summed E-state index contributed by atoms with van der Waals surface area (Å²) in [5.41, 5.74) is -0.432. The number of hydrogen-bond acceptors (Lipinski definition) is 2. The molecule has 0 spiro atoms. The quantitative estimate of drug-likeness (QED) is 0.389. The maximum absolute atomic E-state index is 11.3. The van der Waals surface area contributed by atoms with Crippen molar-refractivity contribution in [3.8, 4) is 0 Å². The molecule has 0 atom stereocenters. The molecule has 0 aliphatic heterocycles. The minimum Gasteiger partial charge on any atom is -1.00 e. The fraction of sp³-hybridized carbons (Fsp3) is 0.667. The van der Waals surface area contributed by atoms with E-state index in [2.05, 4.69) is 9.88 Å². The van der Waals surface area contributed by atoms with E-state index in [0.717, 1.165) is 13.0 Å². The van der Waals surface area contributed by atoms with Crippen LogP contribution in [-0.2, 0) is 18.3 Å². The summed E-state index contributed by atoms with van der Waals surface area (Å²) < 4.78 is 9.20. The minimum absolute atomic E-state index is 0. The highest BCUT2D eigenvalue weighted by Gasteiger charge is 2.15. The summed E-state index contributed by atoms with van der Waals surface area (Å²) in [6, 6.07) is 0. The van der Waals surface area contributed by atoms with Gasteiger partial charge in [-0.05, 0) is 20.8 Å². The number of carbonyl (C=O) groups excluding carboxylic acids is 1. The molecule has 1 aromatic heterocycles. The molecule has 0 bridgehead atoms. The van der Waals surface area contributed by atoms with Crippen LogP contribution < -0.4 is 33.9 Å². The Morgan fingerprint density at radius 2 is 2.11 bits per heavy atom. The van der Waals surface area contributed by atoms with E-state index in [-0.39, 0.29) is 30.1 Å². The van der Waals surface area contributed by atoms with Gasteiger partial charge in [0, 0.05) is 13.0 Å². The minimum atomic E-state index is -0.432. The number of nitrogens with zero attached hydrogens (tertiary/aromatic N) is 2. The molecule has 0 saturated heterocycles. The van der Waals surface area contributed by atoms with E-state index >= 15 is 0 Å². The van der Waals surface area contributed by atoms with Gasteiger partial charge in [0.15, 0.2) is 0 Å². The van der Waals surface area contributed by atoms with Crippen molar-refractivity contribution in [2.75, 3.05) is 6.54 Å². The lowest BCUT2D eigenvalue weighted by Crippen LogP contribution is -3.00. The predicted octanol–water partition coefficient (Wildman–Crippen LogP) is -1.77. The Hall–Kier alpha value is -0.790. The van der Waals surface area contributed by atoms with Gasteiger partial charge in [-0.1, -0.05) is 0 Å². The smallest absolute Gasteiger partial charge is 0.407 e. The second-order valence-electron chi connectivity index (χ2n) is 5.10. The number of rotatable bonds is 4. The molecule has 18 heavy (non-hydrogen) atoms. The third-order valence-corrected chi connectivity index (χ3v) is 2.09. The SMILES string of the molecule is C[n+]1ccn(CCCNC(=O)OC(C)(C)C)c1.[I-]. The van der Waals surface area contributed by atoms with Crippen LogP contribution in [0.15, 0.2) is 18.7 Å². The largest absolute Gasteiger partial charge is 1.00 e. The highest BCUT2D eigenvalue weighted by Crippen LogP contribution is 2.06. The van der Waals surface area contributed by atoms with E-state index in [1.165, 1.54) is 0 Å². The van der Waals surface area contributed by atoms with E-state index in [4.69, 9.17) is 4.74 Å². The van der Waals surface area contributed by atoms with Crippen molar-refractivity contribution in [1.29, 1.82) is 0 Å². The van der Waals surface area contributed by atoms with Crippen molar-refractivity contribution < 1.29 is 38.1 Å². The van der Waals surface area contributed by atoms with Crippen LogP contribution in [0.4, 0.5) is 4.79 Å². The summed E-state index contributed by atoms with van der Waals surface area (Å²) in [5, 5.41) is 2.73. The molecule has 1 N–H and O–H groups in total. The van der Waals surface area contributed by atoms with Gasteiger partial charge in [0.25, 0.3) is 0 Å². The molecular formula is C12H22IN3O2. The van der Waals surface area contributed by atoms with Crippen LogP contribution in [0, 0.1) is 0 Å². The van der Waals surface area contributed by atoms with Gasteiger partial charge in [0.2, 0.25) is 6.33 Å². The van der Waals surface area contributed by atoms with E-state index in [1.807, 2.05) is 51.1 Å². The number of ether oxygens (including phenoxy) is 1. The van der Waals surface area contributed by atoms with E-state index < -0.39 is 5.60 Å². The van der Waals surface area contributed by atoms with Gasteiger partial charge in [-0.25, -0.2) is 13.9 Å². The lowest BCUT2D eigenvalue weighted by molar-refractivity contribution is -0.671. The van der Waals surface area contributed by atoms with Gasteiger partial charge >= 0.3 is 6.09 Å². The molecule has 5 nitrogen and oxygen atoms in total. The zero-order chi connectivity index (χ0) is 12.9. The van der Waals surface area contributed by atoms with Gasteiger partial charge in [0.05, 0.1) is 13.6 Å². The van der Waals surface area contributed by atoms with Crippen molar-refractivity contribution >= 4 is 6.09 Å². The topological polar surface area (TPSA) is 47.1 Å². The number of aromatic nitrogens is 2. The van der Waals surface area contributed by atoms with Crippen molar-refractivity contribution in [1.82, 2.24) is 9.88 Å². The van der Waals surface area contributed by atoms with Crippen LogP contribution in [-0.4, -0.2) is 22.8 Å². The first-order valence-electron chi connectivity index (χ1n) is 5.85. The van der Waals surface area contributed by atoms with Crippen molar-refractivity contribution in [2.45, 2.75) is 39.3 Å². The summed E-state index contributed by atoms with van der Waals surface area (Å²) in [7, 11) is 1.98. The second-order valence-corrected chi connectivity index (χ2v) is 5.10. The molecule has 0 fully saturated rings. The number of alkyl carbamates (subject to hydrolysis) is 1. The van der Waals surface area contributed by atoms with Gasteiger partial charge in [0.1, 0.15) is 18.0 Å². The third kappa shape index (κ3) is 7.52. The van der Waals surface area contributed by atoms with Crippen LogP contribution >= 0.6 is 0 Å². The lowest BCUT2D eigenvalue weighted by Gasteiger charge is -2.19. The molecule has 0 aliphatic rings. The van der Waals surface area contributed by atoms with Gasteiger partial charge in [-0.3, -0.25) is 0 Å². The Morgan fingerprint density at radius 1 is 1.44 bits per heavy atom. The van der Waals surface area contributed by atoms with Crippen molar-refractivity contribution in [2.24, 2.45) is 7.05 Å². The number of imidazole rings is 1. The fourth-order valence-electron chi connectivity index (χ4n) is 1.40. The Bertz CT molecular complexity index is 372. The summed E-state index contributed by atoms with van der Waals surface area (Å²) >= 11 is 0. The van der Waals surface area contributed by atoms with Crippen LogP contribution in [0.25, 0.3) is 0 Å². The maximum Gasteiger partial charge on any atom is 0.407 e. The van der Waals surface area contributed by atoms with Crippen molar-refractivity contribution in [3.63, 3.8) is 0 Å². The summed E-state index contributed by atoms with van der Waals surface area (Å²) in [6.07, 6.45) is 6.53. The number of aryl methyl sites for hydroxylation is 2. The second kappa shape index (κ2) is 7.60. The van der Waals surface area contributed by atoms with Gasteiger partial charge in [-0.2, -0.15) is 0 Å². The Morgan fingerprint density at radius 3 is 2.61 bits per heavy atom. The molecular weight excluding hydrogens is 345 g/mol. The number of carbonyl (C=O) groups is 1. The van der Waals surface area contributed by atoms with Crippen LogP contribution in [0.1, 0.15) is 27.2 Å². The molecule has 1 rings (SSSR count). The molecule has 0 aromatic carbocycles. The first-order chi connectivity index (χ1) is 7.87. The molecule has 0 aliphatic carbocycles. The van der Waals surface area contributed by atoms with Crippen LogP contribution in [0.2, 0.25) is 0 Å². The normalized spacial score (nSPS) is 10.7. The van der Waals surface area contributed by atoms with Crippen molar-refractivity contribution in [3.05, 3.63) is 18.7 Å². The lowest BCUT2D eigenvalue weighted by atomic mass is 10.2. The Labute approximate surface area is 126 Å². The number of hydrogen-bond donors (Lipinski definition) is 1. The Kier molecular flexibility index (Phi) is 7.27. The van der Waals surface area contributed by atoms with Gasteiger partial charge in [-0.15, -0.1) is 0 Å². The van der Waals surface area contributed by atoms with Crippen LogP contribution in [0.3, 0.4) is 0 Å². The van der Waals surface area contributed by atoms with Crippen LogP contribution in [0.5, 0.6) is 0 Å². The molecule has 0 radical (unpaired) electrons. The maximum atomic E-state index is 11.3. The number of nitrogens with one attached hydrogen (secondary N) is 1. The van der Waals surface area contributed by atoms with Gasteiger partial charge < -0.3 is 34.0 Å². The third-order valence-electron chi connectivity index (χ3n) is 2.09. The summed E-state index contributed by atoms with van der Waals surface area (Å²) in [4.78, 5) is 11.3.